The molecule has 0 saturated carbocycles. The van der Waals surface area contributed by atoms with Crippen LogP contribution in [0.4, 0.5) is 0 Å². The Morgan fingerprint density at radius 3 is 3.05 bits per heavy atom. The molecule has 1 saturated heterocycles. The maximum Gasteiger partial charge on any atom is 0.237 e. The number of hydrogen-bond donors (Lipinski definition) is 2. The van der Waals surface area contributed by atoms with Gasteiger partial charge in [-0.15, -0.1) is 0 Å². The van der Waals surface area contributed by atoms with Gasteiger partial charge in [0.2, 0.25) is 5.91 Å². The first-order valence-electron chi connectivity index (χ1n) is 7.79. The topological polar surface area (TPSA) is 59.0 Å². The molecule has 1 fully saturated rings. The second kappa shape index (κ2) is 6.75. The van der Waals surface area contributed by atoms with Crippen molar-refractivity contribution in [3.8, 4) is 0 Å². The minimum absolute atomic E-state index is 0.0169. The summed E-state index contributed by atoms with van der Waals surface area (Å²) in [6.07, 6.45) is 5.81. The Morgan fingerprint density at radius 2 is 2.32 bits per heavy atom. The quantitative estimate of drug-likeness (QED) is 0.881. The van der Waals surface area contributed by atoms with Crippen LogP contribution in [0.15, 0.2) is 36.7 Å². The molecular formula is C17H22N4O. The summed E-state index contributed by atoms with van der Waals surface area (Å²) in [4.78, 5) is 16.3. The highest BCUT2D eigenvalue weighted by Gasteiger charge is 2.21. The van der Waals surface area contributed by atoms with Gasteiger partial charge in [-0.1, -0.05) is 24.3 Å². The van der Waals surface area contributed by atoms with Crippen molar-refractivity contribution in [3.63, 3.8) is 0 Å². The summed E-state index contributed by atoms with van der Waals surface area (Å²) < 4.78 is 2.11. The van der Waals surface area contributed by atoms with E-state index < -0.39 is 0 Å². The number of imidazole rings is 1. The van der Waals surface area contributed by atoms with Crippen LogP contribution >= 0.6 is 0 Å². The van der Waals surface area contributed by atoms with Gasteiger partial charge in [-0.3, -0.25) is 4.79 Å². The van der Waals surface area contributed by atoms with Crippen LogP contribution in [0.25, 0.3) is 0 Å². The van der Waals surface area contributed by atoms with E-state index in [2.05, 4.69) is 32.3 Å². The van der Waals surface area contributed by atoms with E-state index in [1.807, 2.05) is 31.5 Å². The van der Waals surface area contributed by atoms with Crippen molar-refractivity contribution in [2.24, 2.45) is 0 Å². The van der Waals surface area contributed by atoms with Crippen molar-refractivity contribution in [3.05, 3.63) is 53.6 Å². The van der Waals surface area contributed by atoms with Crippen LogP contribution in [0.3, 0.4) is 0 Å². The van der Waals surface area contributed by atoms with Gasteiger partial charge >= 0.3 is 0 Å². The smallest absolute Gasteiger partial charge is 0.237 e. The second-order valence-corrected chi connectivity index (χ2v) is 5.79. The zero-order chi connectivity index (χ0) is 15.4. The number of carbonyl (C=O) groups is 1. The lowest BCUT2D eigenvalue weighted by Gasteiger charge is -2.12. The number of benzene rings is 1. The van der Waals surface area contributed by atoms with Crippen LogP contribution < -0.4 is 10.6 Å². The molecule has 0 spiro atoms. The molecule has 1 amide bonds. The highest BCUT2D eigenvalue weighted by atomic mass is 16.2. The van der Waals surface area contributed by atoms with Gasteiger partial charge < -0.3 is 15.2 Å². The van der Waals surface area contributed by atoms with E-state index in [9.17, 15) is 4.79 Å². The monoisotopic (exact) mass is 298 g/mol. The first-order valence-corrected chi connectivity index (χ1v) is 7.79. The highest BCUT2D eigenvalue weighted by molar-refractivity contribution is 5.81. The summed E-state index contributed by atoms with van der Waals surface area (Å²) >= 11 is 0. The van der Waals surface area contributed by atoms with Gasteiger partial charge in [0.15, 0.2) is 0 Å². The van der Waals surface area contributed by atoms with Crippen LogP contribution in [-0.2, 0) is 17.9 Å². The molecule has 5 nitrogen and oxygen atoms in total. The average Bonchev–Trinajstić information content (AvgIpc) is 3.18. The van der Waals surface area contributed by atoms with E-state index in [0.717, 1.165) is 37.3 Å². The van der Waals surface area contributed by atoms with Gasteiger partial charge in [0.1, 0.15) is 5.82 Å². The number of amides is 1. The maximum atomic E-state index is 12.0. The third kappa shape index (κ3) is 3.54. The number of aryl methyl sites for hydroxylation is 1. The third-order valence-corrected chi connectivity index (χ3v) is 4.11. The van der Waals surface area contributed by atoms with Gasteiger partial charge in [-0.05, 0) is 37.4 Å². The van der Waals surface area contributed by atoms with E-state index in [1.54, 1.807) is 0 Å². The van der Waals surface area contributed by atoms with Crippen molar-refractivity contribution in [2.75, 3.05) is 6.54 Å². The summed E-state index contributed by atoms with van der Waals surface area (Å²) in [7, 11) is 0. The number of nitrogens with zero attached hydrogens (tertiary/aromatic N) is 2. The Bertz CT molecular complexity index is 644. The van der Waals surface area contributed by atoms with E-state index in [0.29, 0.717) is 6.54 Å². The minimum Gasteiger partial charge on any atom is -0.351 e. The lowest BCUT2D eigenvalue weighted by atomic mass is 10.1. The van der Waals surface area contributed by atoms with Gasteiger partial charge in [-0.2, -0.15) is 0 Å². The lowest BCUT2D eigenvalue weighted by Crippen LogP contribution is -2.40. The highest BCUT2D eigenvalue weighted by Crippen LogP contribution is 2.10. The van der Waals surface area contributed by atoms with Crippen LogP contribution in [0.1, 0.15) is 29.8 Å². The predicted octanol–water partition coefficient (Wildman–Crippen LogP) is 1.61. The van der Waals surface area contributed by atoms with Crippen LogP contribution in [0.5, 0.6) is 0 Å². The second-order valence-electron chi connectivity index (χ2n) is 5.79. The number of nitrogens with one attached hydrogen (secondary N) is 2. The molecule has 2 aromatic rings. The normalized spacial score (nSPS) is 17.6. The van der Waals surface area contributed by atoms with Gasteiger partial charge in [0.25, 0.3) is 0 Å². The number of carbonyl (C=O) groups excluding carboxylic acids is 1. The standard InChI is InChI=1S/C17H22N4O/c1-13-18-8-9-21(13)12-15-5-2-4-14(10-15)11-20-17(22)16-6-3-7-19-16/h2,4-5,8-10,16,19H,3,6-7,11-12H2,1H3,(H,20,22)/t16-/m1/s1. The van der Waals surface area contributed by atoms with Gasteiger partial charge in [0.05, 0.1) is 6.04 Å². The minimum atomic E-state index is -0.0169. The molecule has 22 heavy (non-hydrogen) atoms. The van der Waals surface area contributed by atoms with E-state index in [-0.39, 0.29) is 11.9 Å². The summed E-state index contributed by atoms with van der Waals surface area (Å²) in [5, 5.41) is 6.24. The Morgan fingerprint density at radius 1 is 1.45 bits per heavy atom. The van der Waals surface area contributed by atoms with Crippen molar-refractivity contribution < 1.29 is 4.79 Å². The summed E-state index contributed by atoms with van der Waals surface area (Å²) in [6, 6.07) is 8.31. The van der Waals surface area contributed by atoms with Gasteiger partial charge in [0, 0.05) is 25.5 Å². The average molecular weight is 298 g/mol. The Kier molecular flexibility index (Phi) is 4.53. The Hall–Kier alpha value is -2.14. The molecule has 1 aliphatic rings. The molecule has 1 atom stereocenters. The molecule has 1 aromatic carbocycles. The third-order valence-electron chi connectivity index (χ3n) is 4.11. The lowest BCUT2D eigenvalue weighted by molar-refractivity contribution is -0.122. The number of hydrogen-bond acceptors (Lipinski definition) is 3. The predicted molar refractivity (Wildman–Crippen MR) is 85.4 cm³/mol. The fourth-order valence-corrected chi connectivity index (χ4v) is 2.83. The zero-order valence-corrected chi connectivity index (χ0v) is 12.9. The maximum absolute atomic E-state index is 12.0. The fourth-order valence-electron chi connectivity index (χ4n) is 2.83. The summed E-state index contributed by atoms with van der Waals surface area (Å²) in [5.74, 6) is 1.11. The van der Waals surface area contributed by atoms with Crippen molar-refractivity contribution >= 4 is 5.91 Å². The Labute approximate surface area is 130 Å². The van der Waals surface area contributed by atoms with E-state index >= 15 is 0 Å². The van der Waals surface area contributed by atoms with Crippen molar-refractivity contribution in [1.29, 1.82) is 0 Å². The molecule has 3 rings (SSSR count). The molecule has 1 aliphatic heterocycles. The molecule has 1 aromatic heterocycles. The molecule has 0 radical (unpaired) electrons. The van der Waals surface area contributed by atoms with Gasteiger partial charge in [-0.25, -0.2) is 4.98 Å². The SMILES string of the molecule is Cc1nccn1Cc1cccc(CNC(=O)[C@H]2CCCN2)c1. The fraction of sp³-hybridized carbons (Fsp3) is 0.412. The van der Waals surface area contributed by atoms with Crippen molar-refractivity contribution in [2.45, 2.75) is 38.9 Å². The molecule has 2 N–H and O–H groups in total. The zero-order valence-electron chi connectivity index (χ0n) is 12.9. The molecule has 0 unspecified atom stereocenters. The van der Waals surface area contributed by atoms with E-state index in [4.69, 9.17) is 0 Å². The summed E-state index contributed by atoms with van der Waals surface area (Å²) in [6.45, 7) is 4.32. The molecular weight excluding hydrogens is 276 g/mol. The van der Waals surface area contributed by atoms with Crippen molar-refractivity contribution in [1.82, 2.24) is 20.2 Å². The molecule has 2 heterocycles. The van der Waals surface area contributed by atoms with Crippen LogP contribution in [0, 0.1) is 6.92 Å². The first kappa shape index (κ1) is 14.8. The number of rotatable bonds is 5. The first-order chi connectivity index (χ1) is 10.7. The summed E-state index contributed by atoms with van der Waals surface area (Å²) in [5.41, 5.74) is 2.34. The number of aromatic nitrogens is 2. The molecule has 0 aliphatic carbocycles. The van der Waals surface area contributed by atoms with E-state index in [1.165, 1.54) is 5.56 Å². The molecule has 116 valence electrons. The largest absolute Gasteiger partial charge is 0.351 e. The van der Waals surface area contributed by atoms with Crippen LogP contribution in [-0.4, -0.2) is 28.0 Å². The van der Waals surface area contributed by atoms with Crippen LogP contribution in [0.2, 0.25) is 0 Å². The molecule has 5 heteroatoms. The molecule has 0 bridgehead atoms. The Balaban J connectivity index is 1.59.